The van der Waals surface area contributed by atoms with Gasteiger partial charge in [0.05, 0.1) is 5.75 Å². The normalized spacial score (nSPS) is 30.9. The van der Waals surface area contributed by atoms with Crippen molar-refractivity contribution < 1.29 is 8.42 Å². The summed E-state index contributed by atoms with van der Waals surface area (Å²) in [6.07, 6.45) is 7.72. The number of nitrogens with zero attached hydrogens (tertiary/aromatic N) is 1. The van der Waals surface area contributed by atoms with Gasteiger partial charge in [0.2, 0.25) is 10.0 Å². The molecule has 0 amide bonds. The van der Waals surface area contributed by atoms with Gasteiger partial charge in [-0.25, -0.2) is 13.1 Å². The van der Waals surface area contributed by atoms with Gasteiger partial charge in [-0.2, -0.15) is 0 Å². The summed E-state index contributed by atoms with van der Waals surface area (Å²) in [5.41, 5.74) is 0.813. The fourth-order valence-corrected chi connectivity index (χ4v) is 4.79. The van der Waals surface area contributed by atoms with Crippen molar-refractivity contribution in [2.75, 3.05) is 19.6 Å². The fraction of sp³-hybridized carbons (Fsp3) is 0.529. The third-order valence-corrected chi connectivity index (χ3v) is 6.15. The van der Waals surface area contributed by atoms with E-state index in [1.807, 2.05) is 30.3 Å². The fourth-order valence-electron chi connectivity index (χ4n) is 3.61. The minimum absolute atomic E-state index is 0.0387. The molecule has 118 valence electrons. The van der Waals surface area contributed by atoms with E-state index in [9.17, 15) is 8.42 Å². The van der Waals surface area contributed by atoms with E-state index in [0.29, 0.717) is 18.4 Å². The highest BCUT2D eigenvalue weighted by Gasteiger charge is 2.39. The van der Waals surface area contributed by atoms with Crippen LogP contribution in [0.3, 0.4) is 0 Å². The minimum atomic E-state index is -3.29. The number of benzene rings is 1. The van der Waals surface area contributed by atoms with Crippen molar-refractivity contribution in [3.63, 3.8) is 0 Å². The Kier molecular flexibility index (Phi) is 4.53. The molecule has 1 aromatic carbocycles. The van der Waals surface area contributed by atoms with Crippen LogP contribution in [0.4, 0.5) is 0 Å². The molecule has 3 aliphatic rings. The Morgan fingerprint density at radius 2 is 2.09 bits per heavy atom. The summed E-state index contributed by atoms with van der Waals surface area (Å²) in [6, 6.07) is 9.56. The molecule has 3 saturated heterocycles. The van der Waals surface area contributed by atoms with Crippen LogP contribution in [0.2, 0.25) is 0 Å². The molecule has 0 aromatic heterocycles. The molecule has 1 N–H and O–H groups in total. The standard InChI is InChI=1S/C17H22N2O2S/c1-2-15-12-19-9-8-16(15)10-17(19)11-18-22(20,21)13-14-6-4-3-5-7-14/h1,3-7,15-18H,8-13H2. The second kappa shape index (κ2) is 6.41. The van der Waals surface area contributed by atoms with Crippen LogP contribution >= 0.6 is 0 Å². The summed E-state index contributed by atoms with van der Waals surface area (Å²) < 4.78 is 27.2. The largest absolute Gasteiger partial charge is 0.298 e. The lowest BCUT2D eigenvalue weighted by molar-refractivity contribution is 0.0251. The predicted molar refractivity (Wildman–Crippen MR) is 87.5 cm³/mol. The third kappa shape index (κ3) is 3.52. The summed E-state index contributed by atoms with van der Waals surface area (Å²) in [5, 5.41) is 0. The van der Waals surface area contributed by atoms with Crippen molar-refractivity contribution in [3.8, 4) is 12.3 Å². The maximum absolute atomic E-state index is 12.2. The van der Waals surface area contributed by atoms with E-state index in [-0.39, 0.29) is 11.8 Å². The van der Waals surface area contributed by atoms with Gasteiger partial charge in [0.25, 0.3) is 0 Å². The van der Waals surface area contributed by atoms with E-state index in [2.05, 4.69) is 15.5 Å². The Balaban J connectivity index is 1.56. The monoisotopic (exact) mass is 318 g/mol. The lowest BCUT2D eigenvalue weighted by Gasteiger charge is -2.48. The molecule has 0 radical (unpaired) electrons. The van der Waals surface area contributed by atoms with Crippen LogP contribution in [-0.4, -0.2) is 39.0 Å². The van der Waals surface area contributed by atoms with Gasteiger partial charge in [0.1, 0.15) is 0 Å². The van der Waals surface area contributed by atoms with Gasteiger partial charge in [0.15, 0.2) is 0 Å². The zero-order valence-corrected chi connectivity index (χ0v) is 13.4. The van der Waals surface area contributed by atoms with Gasteiger partial charge in [-0.3, -0.25) is 4.90 Å². The van der Waals surface area contributed by atoms with Gasteiger partial charge in [0, 0.05) is 25.0 Å². The Morgan fingerprint density at radius 1 is 1.32 bits per heavy atom. The van der Waals surface area contributed by atoms with Crippen LogP contribution in [0.15, 0.2) is 30.3 Å². The van der Waals surface area contributed by atoms with Crippen LogP contribution < -0.4 is 4.72 Å². The van der Waals surface area contributed by atoms with Crippen molar-refractivity contribution >= 4 is 10.0 Å². The highest BCUT2D eigenvalue weighted by atomic mass is 32.2. The molecule has 3 heterocycles. The van der Waals surface area contributed by atoms with Gasteiger partial charge in [-0.15, -0.1) is 12.3 Å². The first-order valence-corrected chi connectivity index (χ1v) is 9.44. The molecule has 2 bridgehead atoms. The molecule has 4 rings (SSSR count). The number of hydrogen-bond acceptors (Lipinski definition) is 3. The number of nitrogens with one attached hydrogen (secondary N) is 1. The number of piperidine rings is 3. The zero-order chi connectivity index (χ0) is 15.6. The molecule has 3 fully saturated rings. The lowest BCUT2D eigenvalue weighted by Crippen LogP contribution is -2.56. The average Bonchev–Trinajstić information content (AvgIpc) is 2.54. The van der Waals surface area contributed by atoms with E-state index in [1.54, 1.807) is 0 Å². The van der Waals surface area contributed by atoms with Crippen molar-refractivity contribution in [1.29, 1.82) is 0 Å². The third-order valence-electron chi connectivity index (χ3n) is 4.83. The second-order valence-corrected chi connectivity index (χ2v) is 8.11. The summed E-state index contributed by atoms with van der Waals surface area (Å²) >= 11 is 0. The van der Waals surface area contributed by atoms with Crippen LogP contribution in [0.1, 0.15) is 18.4 Å². The SMILES string of the molecule is C#CC1CN2CCC1CC2CNS(=O)(=O)Cc1ccccc1. The molecular weight excluding hydrogens is 296 g/mol. The van der Waals surface area contributed by atoms with Crippen LogP contribution in [0.25, 0.3) is 0 Å². The second-order valence-electron chi connectivity index (χ2n) is 6.30. The van der Waals surface area contributed by atoms with E-state index >= 15 is 0 Å². The number of fused-ring (bicyclic) bond motifs is 3. The highest BCUT2D eigenvalue weighted by Crippen LogP contribution is 2.35. The molecular formula is C17H22N2O2S. The number of terminal acetylenes is 1. The number of rotatable bonds is 5. The summed E-state index contributed by atoms with van der Waals surface area (Å²) in [5.74, 6) is 3.81. The van der Waals surface area contributed by atoms with Gasteiger partial charge < -0.3 is 0 Å². The highest BCUT2D eigenvalue weighted by molar-refractivity contribution is 7.88. The van der Waals surface area contributed by atoms with E-state index < -0.39 is 10.0 Å². The predicted octanol–water partition coefficient (Wildman–Crippen LogP) is 1.45. The summed E-state index contributed by atoms with van der Waals surface area (Å²) in [4.78, 5) is 2.34. The Hall–Kier alpha value is -1.35. The van der Waals surface area contributed by atoms with Crippen LogP contribution in [0.5, 0.6) is 0 Å². The van der Waals surface area contributed by atoms with E-state index in [4.69, 9.17) is 6.42 Å². The molecule has 0 saturated carbocycles. The first-order chi connectivity index (χ1) is 10.6. The minimum Gasteiger partial charge on any atom is -0.298 e. The first kappa shape index (κ1) is 15.5. The maximum Gasteiger partial charge on any atom is 0.215 e. The van der Waals surface area contributed by atoms with Crippen molar-refractivity contribution in [3.05, 3.63) is 35.9 Å². The zero-order valence-electron chi connectivity index (χ0n) is 12.6. The number of hydrogen-bond donors (Lipinski definition) is 1. The number of sulfonamides is 1. The lowest BCUT2D eigenvalue weighted by atomic mass is 9.76. The molecule has 1 aromatic rings. The van der Waals surface area contributed by atoms with Crippen molar-refractivity contribution in [1.82, 2.24) is 9.62 Å². The topological polar surface area (TPSA) is 49.4 Å². The Bertz CT molecular complexity index is 651. The quantitative estimate of drug-likeness (QED) is 0.836. The summed E-state index contributed by atoms with van der Waals surface area (Å²) in [6.45, 7) is 2.43. The van der Waals surface area contributed by atoms with Crippen molar-refractivity contribution in [2.45, 2.75) is 24.6 Å². The summed E-state index contributed by atoms with van der Waals surface area (Å²) in [7, 11) is -3.29. The van der Waals surface area contributed by atoms with Gasteiger partial charge >= 0.3 is 0 Å². The maximum atomic E-state index is 12.2. The van der Waals surface area contributed by atoms with Gasteiger partial charge in [-0.05, 0) is 30.9 Å². The smallest absolute Gasteiger partial charge is 0.215 e. The Labute approximate surface area is 133 Å². The molecule has 4 nitrogen and oxygen atoms in total. The van der Waals surface area contributed by atoms with E-state index in [1.165, 1.54) is 0 Å². The molecule has 22 heavy (non-hydrogen) atoms. The molecule has 3 aliphatic heterocycles. The molecule has 4 atom stereocenters. The molecule has 0 aliphatic carbocycles. The van der Waals surface area contributed by atoms with Crippen LogP contribution in [0, 0.1) is 24.2 Å². The average molecular weight is 318 g/mol. The van der Waals surface area contributed by atoms with Crippen LogP contribution in [-0.2, 0) is 15.8 Å². The Morgan fingerprint density at radius 3 is 2.73 bits per heavy atom. The van der Waals surface area contributed by atoms with Crippen molar-refractivity contribution in [2.24, 2.45) is 11.8 Å². The molecule has 4 unspecified atom stereocenters. The molecule has 0 spiro atoms. The first-order valence-electron chi connectivity index (χ1n) is 7.79. The van der Waals surface area contributed by atoms with Gasteiger partial charge in [-0.1, -0.05) is 30.3 Å². The van der Waals surface area contributed by atoms with E-state index in [0.717, 1.165) is 31.5 Å². The molecule has 5 heteroatoms.